The number of carbonyl (C=O) groups is 2. The molecule has 3 heterocycles. The molecule has 0 spiro atoms. The van der Waals surface area contributed by atoms with Crippen molar-refractivity contribution in [3.63, 3.8) is 0 Å². The fraction of sp³-hybridized carbons (Fsp3) is 0.381. The third kappa shape index (κ3) is 4.42. The van der Waals surface area contributed by atoms with E-state index in [1.54, 1.807) is 21.7 Å². The van der Waals surface area contributed by atoms with Crippen LogP contribution in [0.3, 0.4) is 0 Å². The molecule has 4 rings (SSSR count). The Bertz CT molecular complexity index is 1010. The van der Waals surface area contributed by atoms with Crippen LogP contribution in [0.1, 0.15) is 24.4 Å². The van der Waals surface area contributed by atoms with E-state index in [0.717, 1.165) is 5.69 Å². The van der Waals surface area contributed by atoms with Crippen LogP contribution in [-0.2, 0) is 4.79 Å². The molecule has 10 nitrogen and oxygen atoms in total. The summed E-state index contributed by atoms with van der Waals surface area (Å²) >= 11 is 0. The lowest BCUT2D eigenvalue weighted by atomic mass is 10.0. The van der Waals surface area contributed by atoms with Crippen LogP contribution in [0, 0.1) is 5.92 Å². The van der Waals surface area contributed by atoms with Gasteiger partial charge in [0.05, 0.1) is 12.0 Å². The minimum absolute atomic E-state index is 0.0604. The number of amides is 2. The second-order valence-electron chi connectivity index (χ2n) is 7.71. The average molecular weight is 423 g/mol. The number of aromatic nitrogens is 4. The third-order valence-electron chi connectivity index (χ3n) is 5.29. The fourth-order valence-electron chi connectivity index (χ4n) is 3.57. The highest BCUT2D eigenvalue weighted by atomic mass is 16.3. The van der Waals surface area contributed by atoms with Gasteiger partial charge in [-0.1, -0.05) is 37.1 Å². The third-order valence-corrected chi connectivity index (χ3v) is 5.29. The van der Waals surface area contributed by atoms with Gasteiger partial charge in [-0.3, -0.25) is 9.59 Å². The molecule has 2 aromatic heterocycles. The predicted octanol–water partition coefficient (Wildman–Crippen LogP) is 1.36. The van der Waals surface area contributed by atoms with Gasteiger partial charge in [-0.05, 0) is 40.6 Å². The number of para-hydroxylation sites is 1. The van der Waals surface area contributed by atoms with E-state index in [4.69, 9.17) is 4.42 Å². The van der Waals surface area contributed by atoms with Crippen molar-refractivity contribution in [3.8, 4) is 5.69 Å². The van der Waals surface area contributed by atoms with Gasteiger partial charge in [0.15, 0.2) is 5.76 Å². The topological polar surface area (TPSA) is 109 Å². The molecule has 2 amide bonds. The summed E-state index contributed by atoms with van der Waals surface area (Å²) in [5.74, 6) is 0.283. The van der Waals surface area contributed by atoms with E-state index in [1.807, 2.05) is 44.2 Å². The zero-order valence-corrected chi connectivity index (χ0v) is 17.5. The second kappa shape index (κ2) is 8.99. The summed E-state index contributed by atoms with van der Waals surface area (Å²) in [6.45, 7) is 6.04. The van der Waals surface area contributed by atoms with Crippen LogP contribution in [0.25, 0.3) is 5.69 Å². The van der Waals surface area contributed by atoms with Gasteiger partial charge in [0.2, 0.25) is 11.9 Å². The normalized spacial score (nSPS) is 15.2. The Morgan fingerprint density at radius 3 is 2.42 bits per heavy atom. The van der Waals surface area contributed by atoms with Crippen molar-refractivity contribution in [1.29, 1.82) is 0 Å². The summed E-state index contributed by atoms with van der Waals surface area (Å²) in [5, 5.41) is 14.9. The number of hydrogen-bond donors (Lipinski definition) is 1. The standard InChI is InChI=1S/C21H25N7O3/c1-15(2)18(22-19(29)17-9-6-14-31-17)20(30)26-10-12-27(13-11-26)21-23-24-25-28(21)16-7-4-3-5-8-16/h3-9,14-15,18H,10-13H2,1-2H3,(H,22,29). The van der Waals surface area contributed by atoms with Gasteiger partial charge < -0.3 is 19.5 Å². The number of nitrogens with one attached hydrogen (secondary N) is 1. The molecule has 1 aliphatic rings. The lowest BCUT2D eigenvalue weighted by molar-refractivity contribution is -0.134. The molecule has 1 aromatic carbocycles. The molecule has 1 fully saturated rings. The minimum Gasteiger partial charge on any atom is -0.459 e. The van der Waals surface area contributed by atoms with E-state index in [2.05, 4.69) is 25.7 Å². The maximum atomic E-state index is 13.1. The maximum Gasteiger partial charge on any atom is 0.287 e. The molecule has 0 saturated carbocycles. The molecular weight excluding hydrogens is 398 g/mol. The molecule has 162 valence electrons. The van der Waals surface area contributed by atoms with E-state index >= 15 is 0 Å². The molecule has 3 aromatic rings. The molecule has 10 heteroatoms. The number of carbonyl (C=O) groups excluding carboxylic acids is 2. The van der Waals surface area contributed by atoms with Crippen LogP contribution >= 0.6 is 0 Å². The first-order valence-corrected chi connectivity index (χ1v) is 10.3. The monoisotopic (exact) mass is 423 g/mol. The highest BCUT2D eigenvalue weighted by Gasteiger charge is 2.32. The van der Waals surface area contributed by atoms with E-state index in [0.29, 0.717) is 32.1 Å². The Hall–Kier alpha value is -3.69. The number of rotatable bonds is 6. The number of nitrogens with zero attached hydrogens (tertiary/aromatic N) is 6. The summed E-state index contributed by atoms with van der Waals surface area (Å²) in [5.41, 5.74) is 0.876. The second-order valence-corrected chi connectivity index (χ2v) is 7.71. The molecule has 0 aliphatic carbocycles. The van der Waals surface area contributed by atoms with Crippen LogP contribution in [-0.4, -0.2) is 69.1 Å². The quantitative estimate of drug-likeness (QED) is 0.637. The number of piperazine rings is 1. The van der Waals surface area contributed by atoms with Crippen LogP contribution < -0.4 is 10.2 Å². The molecule has 1 N–H and O–H groups in total. The van der Waals surface area contributed by atoms with Crippen molar-refractivity contribution < 1.29 is 14.0 Å². The van der Waals surface area contributed by atoms with E-state index in [1.165, 1.54) is 6.26 Å². The average Bonchev–Trinajstić information content (AvgIpc) is 3.50. The Morgan fingerprint density at radius 2 is 1.77 bits per heavy atom. The largest absolute Gasteiger partial charge is 0.459 e. The van der Waals surface area contributed by atoms with Crippen molar-refractivity contribution in [1.82, 2.24) is 30.4 Å². The number of hydrogen-bond acceptors (Lipinski definition) is 7. The predicted molar refractivity (Wildman–Crippen MR) is 113 cm³/mol. The highest BCUT2D eigenvalue weighted by molar-refractivity contribution is 5.95. The van der Waals surface area contributed by atoms with Gasteiger partial charge in [-0.2, -0.15) is 4.68 Å². The summed E-state index contributed by atoms with van der Waals surface area (Å²) in [7, 11) is 0. The van der Waals surface area contributed by atoms with Gasteiger partial charge in [0.25, 0.3) is 5.91 Å². The first-order valence-electron chi connectivity index (χ1n) is 10.3. The van der Waals surface area contributed by atoms with Crippen molar-refractivity contribution in [2.45, 2.75) is 19.9 Å². The molecule has 0 radical (unpaired) electrons. The molecule has 1 saturated heterocycles. The zero-order valence-electron chi connectivity index (χ0n) is 17.5. The molecule has 31 heavy (non-hydrogen) atoms. The van der Waals surface area contributed by atoms with Gasteiger partial charge in [0, 0.05) is 26.2 Å². The smallest absolute Gasteiger partial charge is 0.287 e. The number of furan rings is 1. The fourth-order valence-corrected chi connectivity index (χ4v) is 3.57. The first-order chi connectivity index (χ1) is 15.0. The van der Waals surface area contributed by atoms with Crippen LogP contribution in [0.5, 0.6) is 0 Å². The van der Waals surface area contributed by atoms with Crippen molar-refractivity contribution in [2.24, 2.45) is 5.92 Å². The van der Waals surface area contributed by atoms with Gasteiger partial charge in [-0.15, -0.1) is 0 Å². The molecule has 1 aliphatic heterocycles. The Morgan fingerprint density at radius 1 is 1.03 bits per heavy atom. The zero-order chi connectivity index (χ0) is 21.8. The molecular formula is C21H25N7O3. The highest BCUT2D eigenvalue weighted by Crippen LogP contribution is 2.18. The van der Waals surface area contributed by atoms with E-state index < -0.39 is 11.9 Å². The van der Waals surface area contributed by atoms with Crippen LogP contribution in [0.4, 0.5) is 5.95 Å². The van der Waals surface area contributed by atoms with Crippen molar-refractivity contribution >= 4 is 17.8 Å². The Kier molecular flexibility index (Phi) is 5.96. The Labute approximate surface area is 179 Å². The summed E-state index contributed by atoms with van der Waals surface area (Å²) in [6.07, 6.45) is 1.43. The maximum absolute atomic E-state index is 13.1. The van der Waals surface area contributed by atoms with Gasteiger partial charge in [0.1, 0.15) is 6.04 Å². The minimum atomic E-state index is -0.626. The van der Waals surface area contributed by atoms with E-state index in [-0.39, 0.29) is 17.6 Å². The summed E-state index contributed by atoms with van der Waals surface area (Å²) < 4.78 is 6.83. The van der Waals surface area contributed by atoms with Crippen molar-refractivity contribution in [3.05, 3.63) is 54.5 Å². The molecule has 1 unspecified atom stereocenters. The Balaban J connectivity index is 1.40. The molecule has 0 bridgehead atoms. The lowest BCUT2D eigenvalue weighted by Gasteiger charge is -2.37. The summed E-state index contributed by atoms with van der Waals surface area (Å²) in [6, 6.07) is 12.3. The SMILES string of the molecule is CC(C)C(NC(=O)c1ccco1)C(=O)N1CCN(c2nnnn2-c2ccccc2)CC1. The van der Waals surface area contributed by atoms with Crippen LogP contribution in [0.15, 0.2) is 53.1 Å². The van der Waals surface area contributed by atoms with Crippen LogP contribution in [0.2, 0.25) is 0 Å². The van der Waals surface area contributed by atoms with Gasteiger partial charge in [-0.25, -0.2) is 0 Å². The first kappa shape index (κ1) is 20.6. The lowest BCUT2D eigenvalue weighted by Crippen LogP contribution is -2.56. The summed E-state index contributed by atoms with van der Waals surface area (Å²) in [4.78, 5) is 29.4. The molecule has 1 atom stereocenters. The number of benzene rings is 1. The number of tetrazole rings is 1. The van der Waals surface area contributed by atoms with Gasteiger partial charge >= 0.3 is 0 Å². The number of anilines is 1. The van der Waals surface area contributed by atoms with E-state index in [9.17, 15) is 9.59 Å². The van der Waals surface area contributed by atoms with Crippen molar-refractivity contribution in [2.75, 3.05) is 31.1 Å².